The molecule has 0 aliphatic carbocycles. The molecule has 116 valence electrons. The molecular formula is C17H20BrN3S. The van der Waals surface area contributed by atoms with E-state index in [-0.39, 0.29) is 6.04 Å². The largest absolute Gasteiger partial charge is 0.378 e. The molecular weight excluding hydrogens is 358 g/mol. The van der Waals surface area contributed by atoms with Crippen molar-refractivity contribution in [3.8, 4) is 0 Å². The van der Waals surface area contributed by atoms with Crippen molar-refractivity contribution in [2.24, 2.45) is 0 Å². The van der Waals surface area contributed by atoms with Gasteiger partial charge in [-0.15, -0.1) is 0 Å². The van der Waals surface area contributed by atoms with Crippen molar-refractivity contribution in [1.29, 1.82) is 0 Å². The second-order valence-electron chi connectivity index (χ2n) is 5.31. The molecule has 2 N–H and O–H groups in total. The SMILES string of the molecule is CC(NC(=S)Nc1ccc(N(C)C)cc1)c1ccc(Br)cc1. The van der Waals surface area contributed by atoms with Gasteiger partial charge in [0.25, 0.3) is 0 Å². The second kappa shape index (κ2) is 7.61. The number of halogens is 1. The van der Waals surface area contributed by atoms with Gasteiger partial charge in [0.05, 0.1) is 6.04 Å². The zero-order chi connectivity index (χ0) is 16.1. The quantitative estimate of drug-likeness (QED) is 0.763. The molecule has 0 saturated carbocycles. The highest BCUT2D eigenvalue weighted by Crippen LogP contribution is 2.18. The first-order chi connectivity index (χ1) is 10.5. The van der Waals surface area contributed by atoms with Gasteiger partial charge in [-0.3, -0.25) is 0 Å². The Balaban J connectivity index is 1.93. The summed E-state index contributed by atoms with van der Waals surface area (Å²) in [7, 11) is 4.04. The van der Waals surface area contributed by atoms with Gasteiger partial charge in [-0.05, 0) is 61.1 Å². The molecule has 0 saturated heterocycles. The van der Waals surface area contributed by atoms with Crippen LogP contribution in [0.4, 0.5) is 11.4 Å². The van der Waals surface area contributed by atoms with Gasteiger partial charge in [-0.25, -0.2) is 0 Å². The van der Waals surface area contributed by atoms with Crippen LogP contribution in [0, 0.1) is 0 Å². The normalized spacial score (nSPS) is 11.6. The van der Waals surface area contributed by atoms with Gasteiger partial charge in [0.1, 0.15) is 0 Å². The molecule has 3 nitrogen and oxygen atoms in total. The number of benzene rings is 2. The molecule has 0 aromatic heterocycles. The van der Waals surface area contributed by atoms with Crippen molar-refractivity contribution >= 4 is 44.6 Å². The van der Waals surface area contributed by atoms with E-state index >= 15 is 0 Å². The first-order valence-corrected chi connectivity index (χ1v) is 8.26. The smallest absolute Gasteiger partial charge is 0.171 e. The molecule has 22 heavy (non-hydrogen) atoms. The number of anilines is 2. The molecule has 0 heterocycles. The molecule has 0 aliphatic rings. The highest BCUT2D eigenvalue weighted by Gasteiger charge is 2.07. The number of nitrogens with one attached hydrogen (secondary N) is 2. The number of hydrogen-bond donors (Lipinski definition) is 2. The van der Waals surface area contributed by atoms with Crippen LogP contribution in [0.1, 0.15) is 18.5 Å². The summed E-state index contributed by atoms with van der Waals surface area (Å²) in [6.45, 7) is 2.09. The lowest BCUT2D eigenvalue weighted by molar-refractivity contribution is 0.722. The minimum Gasteiger partial charge on any atom is -0.378 e. The lowest BCUT2D eigenvalue weighted by atomic mass is 10.1. The van der Waals surface area contributed by atoms with Crippen LogP contribution in [0.3, 0.4) is 0 Å². The highest BCUT2D eigenvalue weighted by molar-refractivity contribution is 9.10. The molecule has 2 aromatic carbocycles. The van der Waals surface area contributed by atoms with Crippen LogP contribution in [-0.4, -0.2) is 19.2 Å². The molecule has 0 bridgehead atoms. The van der Waals surface area contributed by atoms with Gasteiger partial charge in [0, 0.05) is 29.9 Å². The summed E-state index contributed by atoms with van der Waals surface area (Å²) in [6.07, 6.45) is 0. The monoisotopic (exact) mass is 377 g/mol. The molecule has 2 rings (SSSR count). The van der Waals surface area contributed by atoms with Gasteiger partial charge in [-0.1, -0.05) is 28.1 Å². The Morgan fingerprint density at radius 1 is 1.05 bits per heavy atom. The lowest BCUT2D eigenvalue weighted by Gasteiger charge is -2.18. The third-order valence-corrected chi connectivity index (χ3v) is 4.11. The van der Waals surface area contributed by atoms with E-state index in [2.05, 4.69) is 62.7 Å². The zero-order valence-corrected chi connectivity index (χ0v) is 15.3. The van der Waals surface area contributed by atoms with E-state index in [1.54, 1.807) is 0 Å². The van der Waals surface area contributed by atoms with E-state index < -0.39 is 0 Å². The fraction of sp³-hybridized carbons (Fsp3) is 0.235. The van der Waals surface area contributed by atoms with Gasteiger partial charge in [0.15, 0.2) is 5.11 Å². The van der Waals surface area contributed by atoms with Gasteiger partial charge < -0.3 is 15.5 Å². The van der Waals surface area contributed by atoms with Crippen LogP contribution in [0.2, 0.25) is 0 Å². The van der Waals surface area contributed by atoms with Crippen LogP contribution < -0.4 is 15.5 Å². The Morgan fingerprint density at radius 2 is 1.64 bits per heavy atom. The maximum Gasteiger partial charge on any atom is 0.171 e. The standard InChI is InChI=1S/C17H20BrN3S/c1-12(13-4-6-14(18)7-5-13)19-17(22)20-15-8-10-16(11-9-15)21(2)3/h4-12H,1-3H3,(H2,19,20,22). The third kappa shape index (κ3) is 4.71. The van der Waals surface area contributed by atoms with E-state index in [4.69, 9.17) is 12.2 Å². The molecule has 0 fully saturated rings. The van der Waals surface area contributed by atoms with E-state index in [0.29, 0.717) is 5.11 Å². The lowest BCUT2D eigenvalue weighted by Crippen LogP contribution is -2.30. The maximum atomic E-state index is 5.38. The molecule has 2 aromatic rings. The number of nitrogens with zero attached hydrogens (tertiary/aromatic N) is 1. The third-order valence-electron chi connectivity index (χ3n) is 3.36. The predicted octanol–water partition coefficient (Wildman–Crippen LogP) is 4.56. The van der Waals surface area contributed by atoms with Crippen molar-refractivity contribution in [1.82, 2.24) is 5.32 Å². The summed E-state index contributed by atoms with van der Waals surface area (Å²) < 4.78 is 1.07. The summed E-state index contributed by atoms with van der Waals surface area (Å²) >= 11 is 8.82. The minimum absolute atomic E-state index is 0.147. The maximum absolute atomic E-state index is 5.38. The Hall–Kier alpha value is -1.59. The molecule has 0 amide bonds. The molecule has 0 spiro atoms. The molecule has 1 unspecified atom stereocenters. The van der Waals surface area contributed by atoms with Crippen LogP contribution in [0.15, 0.2) is 53.0 Å². The van der Waals surface area contributed by atoms with Gasteiger partial charge >= 0.3 is 0 Å². The van der Waals surface area contributed by atoms with Crippen LogP contribution in [0.5, 0.6) is 0 Å². The average molecular weight is 378 g/mol. The summed E-state index contributed by atoms with van der Waals surface area (Å²) in [4.78, 5) is 2.07. The summed E-state index contributed by atoms with van der Waals surface area (Å²) in [5, 5.41) is 7.13. The van der Waals surface area contributed by atoms with E-state index in [0.717, 1.165) is 15.8 Å². The Morgan fingerprint density at radius 3 is 2.18 bits per heavy atom. The van der Waals surface area contributed by atoms with Crippen molar-refractivity contribution < 1.29 is 0 Å². The fourth-order valence-electron chi connectivity index (χ4n) is 2.04. The molecule has 5 heteroatoms. The number of hydrogen-bond acceptors (Lipinski definition) is 2. The van der Waals surface area contributed by atoms with Crippen LogP contribution >= 0.6 is 28.1 Å². The Kier molecular flexibility index (Phi) is 5.80. The highest BCUT2D eigenvalue weighted by atomic mass is 79.9. The van der Waals surface area contributed by atoms with Crippen molar-refractivity contribution in [3.05, 3.63) is 58.6 Å². The topological polar surface area (TPSA) is 27.3 Å². The Labute approximate surface area is 145 Å². The van der Waals surface area contributed by atoms with E-state index in [1.807, 2.05) is 38.4 Å². The number of thiocarbonyl (C=S) groups is 1. The average Bonchev–Trinajstić information content (AvgIpc) is 2.48. The van der Waals surface area contributed by atoms with Crippen molar-refractivity contribution in [2.45, 2.75) is 13.0 Å². The summed E-state index contributed by atoms with van der Waals surface area (Å²) in [5.74, 6) is 0. The van der Waals surface area contributed by atoms with Crippen molar-refractivity contribution in [2.75, 3.05) is 24.3 Å². The van der Waals surface area contributed by atoms with Gasteiger partial charge in [0.2, 0.25) is 0 Å². The zero-order valence-electron chi connectivity index (χ0n) is 12.9. The fourth-order valence-corrected chi connectivity index (χ4v) is 2.60. The van der Waals surface area contributed by atoms with Crippen LogP contribution in [0.25, 0.3) is 0 Å². The molecule has 1 atom stereocenters. The van der Waals surface area contributed by atoms with E-state index in [1.165, 1.54) is 5.56 Å². The van der Waals surface area contributed by atoms with Crippen molar-refractivity contribution in [3.63, 3.8) is 0 Å². The second-order valence-corrected chi connectivity index (χ2v) is 6.64. The molecule has 0 aliphatic heterocycles. The number of rotatable bonds is 4. The molecule has 0 radical (unpaired) electrons. The summed E-state index contributed by atoms with van der Waals surface area (Å²) in [6, 6.07) is 16.5. The minimum atomic E-state index is 0.147. The van der Waals surface area contributed by atoms with Crippen LogP contribution in [-0.2, 0) is 0 Å². The van der Waals surface area contributed by atoms with E-state index in [9.17, 15) is 0 Å². The predicted molar refractivity (Wildman–Crippen MR) is 103 cm³/mol. The van der Waals surface area contributed by atoms with Gasteiger partial charge in [-0.2, -0.15) is 0 Å². The summed E-state index contributed by atoms with van der Waals surface area (Å²) in [5.41, 5.74) is 3.33. The first-order valence-electron chi connectivity index (χ1n) is 7.06. The Bertz CT molecular complexity index is 623. The first kappa shape index (κ1) is 16.8.